The Kier molecular flexibility index (Phi) is 8.93. The Hall–Kier alpha value is -1.35. The minimum Gasteiger partial charge on any atom is -0.385 e. The Morgan fingerprint density at radius 3 is 2.87 bits per heavy atom. The lowest BCUT2D eigenvalue weighted by atomic mass is 10.4. The molecular weight excluding hydrogens is 405 g/mol. The first-order valence-corrected chi connectivity index (χ1v) is 7.69. The van der Waals surface area contributed by atoms with Gasteiger partial charge in [-0.3, -0.25) is 0 Å². The van der Waals surface area contributed by atoms with Crippen LogP contribution in [-0.4, -0.2) is 42.2 Å². The van der Waals surface area contributed by atoms with Gasteiger partial charge in [-0.05, 0) is 32.4 Å². The molecule has 0 aliphatic heterocycles. The predicted octanol–water partition coefficient (Wildman–Crippen LogP) is 2.35. The highest BCUT2D eigenvalue weighted by atomic mass is 127. The highest BCUT2D eigenvalue weighted by molar-refractivity contribution is 14.0. The minimum absolute atomic E-state index is 0. The molecule has 0 unspecified atom stereocenters. The smallest absolute Gasteiger partial charge is 0.191 e. The van der Waals surface area contributed by atoms with Crippen molar-refractivity contribution in [3.05, 3.63) is 35.8 Å². The number of aliphatic imine (C=N–C) groups is 1. The van der Waals surface area contributed by atoms with Gasteiger partial charge in [0.2, 0.25) is 0 Å². The molecule has 2 aromatic rings. The number of hydrogen-bond donors (Lipinski definition) is 2. The van der Waals surface area contributed by atoms with Crippen LogP contribution in [0.4, 0.5) is 0 Å². The van der Waals surface area contributed by atoms with Crippen LogP contribution in [0.25, 0.3) is 5.65 Å². The number of hydrogen-bond acceptors (Lipinski definition) is 3. The summed E-state index contributed by atoms with van der Waals surface area (Å²) in [5, 5.41) is 6.53. The van der Waals surface area contributed by atoms with Crippen LogP contribution in [0, 0.1) is 6.92 Å². The van der Waals surface area contributed by atoms with Crippen molar-refractivity contribution in [1.29, 1.82) is 0 Å². The molecule has 0 atom stereocenters. The summed E-state index contributed by atoms with van der Waals surface area (Å²) in [7, 11) is 1.71. The van der Waals surface area contributed by atoms with E-state index in [0.29, 0.717) is 6.54 Å². The lowest BCUT2D eigenvalue weighted by molar-refractivity contribution is 0.195. The average Bonchev–Trinajstić information content (AvgIpc) is 2.93. The number of rotatable bonds is 7. The lowest BCUT2D eigenvalue weighted by Crippen LogP contribution is -2.38. The molecule has 6 nitrogen and oxygen atoms in total. The first-order valence-electron chi connectivity index (χ1n) is 7.69. The van der Waals surface area contributed by atoms with Crippen LogP contribution >= 0.6 is 24.0 Å². The lowest BCUT2D eigenvalue weighted by Gasteiger charge is -2.10. The van der Waals surface area contributed by atoms with E-state index in [2.05, 4.69) is 44.9 Å². The summed E-state index contributed by atoms with van der Waals surface area (Å²) in [6.07, 6.45) is 3.00. The Morgan fingerprint density at radius 1 is 1.35 bits per heavy atom. The number of methoxy groups -OCH3 is 1. The third-order valence-corrected chi connectivity index (χ3v) is 3.31. The molecule has 0 saturated heterocycles. The molecule has 2 rings (SSSR count). The maximum Gasteiger partial charge on any atom is 0.191 e. The molecule has 0 aliphatic rings. The Labute approximate surface area is 154 Å². The van der Waals surface area contributed by atoms with Crippen molar-refractivity contribution < 1.29 is 4.74 Å². The van der Waals surface area contributed by atoms with E-state index in [1.165, 1.54) is 5.69 Å². The van der Waals surface area contributed by atoms with Gasteiger partial charge in [0.05, 0.1) is 12.2 Å². The Balaban J connectivity index is 0.00000264. The summed E-state index contributed by atoms with van der Waals surface area (Å²) < 4.78 is 7.13. The topological polar surface area (TPSA) is 63.0 Å². The molecule has 23 heavy (non-hydrogen) atoms. The largest absolute Gasteiger partial charge is 0.385 e. The number of aromatic nitrogens is 2. The fourth-order valence-corrected chi connectivity index (χ4v) is 2.20. The van der Waals surface area contributed by atoms with Gasteiger partial charge in [-0.1, -0.05) is 6.07 Å². The van der Waals surface area contributed by atoms with Crippen LogP contribution in [0.15, 0.2) is 29.4 Å². The standard InChI is InChI=1S/C16H25N5O.HI/c1-4-17-16(18-9-6-10-22-3)19-11-14-12-21-13(2)7-5-8-15(21)20-14;/h5,7-8,12H,4,6,9-11H2,1-3H3,(H2,17,18,19);1H. The molecule has 0 aromatic carbocycles. The van der Waals surface area contributed by atoms with Gasteiger partial charge >= 0.3 is 0 Å². The van der Waals surface area contributed by atoms with Crippen LogP contribution in [0.2, 0.25) is 0 Å². The van der Waals surface area contributed by atoms with E-state index >= 15 is 0 Å². The number of nitrogens with zero attached hydrogens (tertiary/aromatic N) is 3. The summed E-state index contributed by atoms with van der Waals surface area (Å²) in [5.74, 6) is 0.812. The summed E-state index contributed by atoms with van der Waals surface area (Å²) in [6, 6.07) is 6.10. The third kappa shape index (κ3) is 5.98. The molecule has 0 spiro atoms. The van der Waals surface area contributed by atoms with Crippen LogP contribution < -0.4 is 10.6 Å². The molecule has 2 aromatic heterocycles. The average molecular weight is 431 g/mol. The minimum atomic E-state index is 0. The van der Waals surface area contributed by atoms with E-state index < -0.39 is 0 Å². The van der Waals surface area contributed by atoms with Crippen LogP contribution in [-0.2, 0) is 11.3 Å². The van der Waals surface area contributed by atoms with Gasteiger partial charge < -0.3 is 19.8 Å². The summed E-state index contributed by atoms with van der Waals surface area (Å²) >= 11 is 0. The zero-order valence-corrected chi connectivity index (χ0v) is 16.3. The van der Waals surface area contributed by atoms with Gasteiger partial charge in [-0.25, -0.2) is 9.98 Å². The predicted molar refractivity (Wildman–Crippen MR) is 105 cm³/mol. The summed E-state index contributed by atoms with van der Waals surface area (Å²) in [5.41, 5.74) is 3.09. The number of aryl methyl sites for hydroxylation is 1. The molecule has 7 heteroatoms. The molecule has 0 bridgehead atoms. The van der Waals surface area contributed by atoms with Gasteiger partial charge in [0.15, 0.2) is 5.96 Å². The number of imidazole rings is 1. The number of fused-ring (bicyclic) bond motifs is 1. The van der Waals surface area contributed by atoms with Crippen LogP contribution in [0.1, 0.15) is 24.7 Å². The monoisotopic (exact) mass is 431 g/mol. The van der Waals surface area contributed by atoms with Gasteiger partial charge in [0.1, 0.15) is 5.65 Å². The van der Waals surface area contributed by atoms with E-state index in [9.17, 15) is 0 Å². The van der Waals surface area contributed by atoms with E-state index in [-0.39, 0.29) is 24.0 Å². The second-order valence-electron chi connectivity index (χ2n) is 5.10. The SMILES string of the molecule is CCNC(=NCc1cn2c(C)cccc2n1)NCCCOC.I. The maximum atomic E-state index is 5.04. The van der Waals surface area contributed by atoms with Crippen LogP contribution in [0.3, 0.4) is 0 Å². The molecule has 0 aliphatic carbocycles. The second kappa shape index (κ2) is 10.4. The number of guanidine groups is 1. The first kappa shape index (κ1) is 19.7. The third-order valence-electron chi connectivity index (χ3n) is 3.31. The molecule has 0 fully saturated rings. The quantitative estimate of drug-likeness (QED) is 0.306. The number of halogens is 1. The molecule has 128 valence electrons. The van der Waals surface area contributed by atoms with Crippen molar-refractivity contribution in [1.82, 2.24) is 20.0 Å². The maximum absolute atomic E-state index is 5.04. The molecule has 2 N–H and O–H groups in total. The van der Waals surface area contributed by atoms with Crippen molar-refractivity contribution >= 4 is 35.6 Å². The van der Waals surface area contributed by atoms with Crippen molar-refractivity contribution in [2.45, 2.75) is 26.8 Å². The zero-order valence-electron chi connectivity index (χ0n) is 14.0. The highest BCUT2D eigenvalue weighted by Crippen LogP contribution is 2.09. The summed E-state index contributed by atoms with van der Waals surface area (Å²) in [4.78, 5) is 9.18. The van der Waals surface area contributed by atoms with Crippen molar-refractivity contribution in [2.75, 3.05) is 26.8 Å². The zero-order chi connectivity index (χ0) is 15.8. The van der Waals surface area contributed by atoms with Crippen molar-refractivity contribution in [3.63, 3.8) is 0 Å². The Morgan fingerprint density at radius 2 is 2.17 bits per heavy atom. The molecule has 2 heterocycles. The fourth-order valence-electron chi connectivity index (χ4n) is 2.20. The number of pyridine rings is 1. The highest BCUT2D eigenvalue weighted by Gasteiger charge is 2.03. The normalized spacial score (nSPS) is 11.3. The van der Waals surface area contributed by atoms with Gasteiger partial charge in [0.25, 0.3) is 0 Å². The molecule has 0 radical (unpaired) electrons. The molecule has 0 saturated carbocycles. The summed E-state index contributed by atoms with van der Waals surface area (Å²) in [6.45, 7) is 7.10. The van der Waals surface area contributed by atoms with Crippen molar-refractivity contribution in [3.8, 4) is 0 Å². The number of nitrogens with one attached hydrogen (secondary N) is 2. The first-order chi connectivity index (χ1) is 10.7. The van der Waals surface area contributed by atoms with E-state index in [1.807, 2.05) is 18.3 Å². The van der Waals surface area contributed by atoms with Crippen molar-refractivity contribution in [2.24, 2.45) is 4.99 Å². The molecular formula is C16H26IN5O. The van der Waals surface area contributed by atoms with Gasteiger partial charge in [-0.15, -0.1) is 24.0 Å². The van der Waals surface area contributed by atoms with E-state index in [0.717, 1.165) is 43.4 Å². The van der Waals surface area contributed by atoms with Gasteiger partial charge in [0, 0.05) is 38.7 Å². The fraction of sp³-hybridized carbons (Fsp3) is 0.500. The number of ether oxygens (including phenoxy) is 1. The van der Waals surface area contributed by atoms with Gasteiger partial charge in [-0.2, -0.15) is 0 Å². The Bertz CT molecular complexity index is 626. The van der Waals surface area contributed by atoms with E-state index in [1.54, 1.807) is 7.11 Å². The molecule has 0 amide bonds. The van der Waals surface area contributed by atoms with Crippen LogP contribution in [0.5, 0.6) is 0 Å². The van der Waals surface area contributed by atoms with E-state index in [4.69, 9.17) is 4.74 Å². The second-order valence-corrected chi connectivity index (χ2v) is 5.10.